The molecule has 0 aromatic heterocycles. The van der Waals surface area contributed by atoms with E-state index in [2.05, 4.69) is 41.5 Å². The van der Waals surface area contributed by atoms with Crippen molar-refractivity contribution in [2.24, 2.45) is 17.3 Å². The molecule has 0 aliphatic carbocycles. The van der Waals surface area contributed by atoms with Crippen molar-refractivity contribution in [1.29, 1.82) is 0 Å². The number of hydrogen-bond acceptors (Lipinski definition) is 4. The first-order valence-corrected chi connectivity index (χ1v) is 53.9. The van der Waals surface area contributed by atoms with Crippen molar-refractivity contribution in [2.75, 3.05) is 0 Å². The summed E-state index contributed by atoms with van der Waals surface area (Å²) in [5.41, 5.74) is -4.37. The molecule has 4 unspecified atom stereocenters. The van der Waals surface area contributed by atoms with Crippen LogP contribution in [0.25, 0.3) is 0 Å². The molecule has 115 heavy (non-hydrogen) atoms. The molecular formula is C108H212O7. The summed E-state index contributed by atoms with van der Waals surface area (Å²) in [6.07, 6.45) is 111. The lowest BCUT2D eigenvalue weighted by molar-refractivity contribution is -0.238. The highest BCUT2D eigenvalue weighted by Crippen LogP contribution is 2.57. The number of hydrogen-bond donors (Lipinski definition) is 3. The maximum atomic E-state index is 16.1. The van der Waals surface area contributed by atoms with Crippen molar-refractivity contribution in [1.82, 2.24) is 0 Å². The van der Waals surface area contributed by atoms with Crippen molar-refractivity contribution in [3.8, 4) is 0 Å². The Hall–Kier alpha value is -1.63. The molecule has 7 heteroatoms. The van der Waals surface area contributed by atoms with Gasteiger partial charge < -0.3 is 20.1 Å². The summed E-state index contributed by atoms with van der Waals surface area (Å²) in [7, 11) is 0. The summed E-state index contributed by atoms with van der Waals surface area (Å²) >= 11 is 0. The summed E-state index contributed by atoms with van der Waals surface area (Å²) in [6.45, 7) is 13.8. The van der Waals surface area contributed by atoms with E-state index >= 15 is 9.59 Å². The van der Waals surface area contributed by atoms with Crippen LogP contribution in [0.5, 0.6) is 0 Å². The largest absolute Gasteiger partial charge is 0.481 e. The second-order valence-corrected chi connectivity index (χ2v) is 38.4. The van der Waals surface area contributed by atoms with E-state index in [-0.39, 0.29) is 0 Å². The minimum atomic E-state index is -2.44. The van der Waals surface area contributed by atoms with Gasteiger partial charge in [-0.3, -0.25) is 9.59 Å². The fraction of sp³-hybridized carbons (Fsp3) is 0.972. The maximum Gasteiger partial charge on any atom is 0.337 e. The monoisotopic (exact) mass is 1620 g/mol. The first kappa shape index (κ1) is 113. The molecule has 0 radical (unpaired) electrons. The molecule has 4 atom stereocenters. The second-order valence-electron chi connectivity index (χ2n) is 38.4. The van der Waals surface area contributed by atoms with Crippen LogP contribution in [-0.2, 0) is 19.1 Å². The molecule has 686 valence electrons. The molecule has 3 N–H and O–H groups in total. The minimum absolute atomic E-state index is 0.528. The number of aliphatic carboxylic acids is 3. The lowest BCUT2D eigenvalue weighted by Gasteiger charge is -2.54. The topological polar surface area (TPSA) is 121 Å². The minimum Gasteiger partial charge on any atom is -0.481 e. The molecule has 0 heterocycles. The van der Waals surface area contributed by atoms with E-state index < -0.39 is 53.3 Å². The van der Waals surface area contributed by atoms with Gasteiger partial charge in [-0.15, -0.1) is 0 Å². The summed E-state index contributed by atoms with van der Waals surface area (Å²) < 4.78 is 7.68. The molecule has 0 bridgehead atoms. The van der Waals surface area contributed by atoms with Gasteiger partial charge in [0.1, 0.15) is 5.41 Å². The Labute approximate surface area is 722 Å². The van der Waals surface area contributed by atoms with Gasteiger partial charge in [-0.05, 0) is 50.4 Å². The Bertz CT molecular complexity index is 1850. The van der Waals surface area contributed by atoms with E-state index in [0.29, 0.717) is 38.5 Å². The predicted octanol–water partition coefficient (Wildman–Crippen LogP) is 38.4. The lowest BCUT2D eigenvalue weighted by atomic mass is 9.52. The molecule has 0 spiro atoms. The molecule has 0 aliphatic rings. The van der Waals surface area contributed by atoms with Gasteiger partial charge in [0.2, 0.25) is 0 Å². The maximum absolute atomic E-state index is 16.1. The van der Waals surface area contributed by atoms with Crippen LogP contribution in [0.15, 0.2) is 0 Å². The SMILES string of the molecule is CCCCCCCCCCCCCCCCCC(CCCCCCCCCCCCCCCC)OC(CC(=O)O)(C(=O)O)C(C(=O)O)(C(CCCCCCCCCCCCCCCC)CCCCCCCCCCCCCCCCC)C(CCCCCCCCCCCCCCCC)CCCCCCCCCCCCCCCCC. The van der Waals surface area contributed by atoms with Crippen LogP contribution in [-0.4, -0.2) is 44.9 Å². The third kappa shape index (κ3) is 69.5. The molecule has 0 saturated heterocycles. The highest BCUT2D eigenvalue weighted by Gasteiger charge is 2.70. The lowest BCUT2D eigenvalue weighted by Crippen LogP contribution is -2.68. The van der Waals surface area contributed by atoms with Gasteiger partial charge >= 0.3 is 17.9 Å². The fourth-order valence-corrected chi connectivity index (χ4v) is 20.1. The van der Waals surface area contributed by atoms with Gasteiger partial charge in [-0.2, -0.15) is 0 Å². The van der Waals surface area contributed by atoms with Crippen molar-refractivity contribution < 1.29 is 34.4 Å². The summed E-state index contributed by atoms with van der Waals surface area (Å²) in [5.74, 6) is -4.70. The Morgan fingerprint density at radius 2 is 0.322 bits per heavy atom. The molecule has 0 aromatic carbocycles. The van der Waals surface area contributed by atoms with Crippen molar-refractivity contribution >= 4 is 17.9 Å². The number of ether oxygens (including phenoxy) is 1. The molecule has 0 aromatic rings. The van der Waals surface area contributed by atoms with Crippen LogP contribution in [0.4, 0.5) is 0 Å². The smallest absolute Gasteiger partial charge is 0.337 e. The van der Waals surface area contributed by atoms with Crippen molar-refractivity contribution in [3.63, 3.8) is 0 Å². The number of unbranched alkanes of at least 4 members (excludes halogenated alkanes) is 81. The van der Waals surface area contributed by atoms with E-state index in [1.54, 1.807) is 0 Å². The van der Waals surface area contributed by atoms with Gasteiger partial charge in [-0.25, -0.2) is 4.79 Å². The summed E-state index contributed by atoms with van der Waals surface area (Å²) in [4.78, 5) is 46.0. The predicted molar refractivity (Wildman–Crippen MR) is 508 cm³/mol. The number of carboxylic acids is 3. The second kappa shape index (κ2) is 91.6. The zero-order chi connectivity index (χ0) is 83.6. The highest BCUT2D eigenvalue weighted by atomic mass is 16.5. The summed E-state index contributed by atoms with van der Waals surface area (Å²) in [6, 6.07) is 0. The van der Waals surface area contributed by atoms with E-state index in [9.17, 15) is 20.1 Å². The molecular weight excluding hydrogens is 1410 g/mol. The van der Waals surface area contributed by atoms with Crippen LogP contribution in [0.2, 0.25) is 0 Å². The van der Waals surface area contributed by atoms with Crippen LogP contribution in [0.3, 0.4) is 0 Å². The Morgan fingerprint density at radius 1 is 0.191 bits per heavy atom. The molecule has 0 aliphatic heterocycles. The number of rotatable bonds is 102. The van der Waals surface area contributed by atoms with Crippen LogP contribution >= 0.6 is 0 Å². The first-order chi connectivity index (χ1) is 56.6. The van der Waals surface area contributed by atoms with Gasteiger partial charge in [-0.1, -0.05) is 600 Å². The fourth-order valence-electron chi connectivity index (χ4n) is 20.1. The molecule has 7 nitrogen and oxygen atoms in total. The highest BCUT2D eigenvalue weighted by molar-refractivity contribution is 5.93. The van der Waals surface area contributed by atoms with Gasteiger partial charge in [0, 0.05) is 0 Å². The third-order valence-corrected chi connectivity index (χ3v) is 27.6. The van der Waals surface area contributed by atoms with Crippen LogP contribution in [0.1, 0.15) is 645 Å². The average molecular weight is 1620 g/mol. The molecule has 0 saturated carbocycles. The number of carboxylic acid groups (broad SMARTS) is 3. The molecule has 0 amide bonds. The number of carbonyl (C=O) groups is 3. The van der Waals surface area contributed by atoms with Gasteiger partial charge in [0.05, 0.1) is 12.5 Å². The normalized spacial score (nSPS) is 13.7. The Balaban J connectivity index is 7.79. The van der Waals surface area contributed by atoms with Crippen molar-refractivity contribution in [2.45, 2.75) is 657 Å². The van der Waals surface area contributed by atoms with E-state index in [0.717, 1.165) is 116 Å². The van der Waals surface area contributed by atoms with E-state index in [1.807, 2.05) is 0 Å². The Morgan fingerprint density at radius 3 is 0.443 bits per heavy atom. The molecule has 0 rings (SSSR count). The summed E-state index contributed by atoms with van der Waals surface area (Å²) in [5, 5.41) is 37.6. The zero-order valence-corrected chi connectivity index (χ0v) is 79.7. The van der Waals surface area contributed by atoms with Gasteiger partial charge in [0.15, 0.2) is 5.60 Å². The molecule has 0 fully saturated rings. The average Bonchev–Trinajstić information content (AvgIpc) is 0.714. The zero-order valence-electron chi connectivity index (χ0n) is 79.7. The van der Waals surface area contributed by atoms with Gasteiger partial charge in [0.25, 0.3) is 0 Å². The van der Waals surface area contributed by atoms with E-state index in [1.165, 1.54) is 443 Å². The Kier molecular flexibility index (Phi) is 90.3. The van der Waals surface area contributed by atoms with Crippen LogP contribution in [0, 0.1) is 17.3 Å². The van der Waals surface area contributed by atoms with Crippen LogP contribution < -0.4 is 0 Å². The van der Waals surface area contributed by atoms with E-state index in [4.69, 9.17) is 4.74 Å². The quantitative estimate of drug-likeness (QED) is 0.0519. The first-order valence-electron chi connectivity index (χ1n) is 53.9. The third-order valence-electron chi connectivity index (χ3n) is 27.6. The van der Waals surface area contributed by atoms with Crippen molar-refractivity contribution in [3.05, 3.63) is 0 Å². The standard InChI is InChI=1S/C108H212O7/c1-7-13-19-25-31-37-43-49-55-60-66-72-78-84-90-96-101(94-88-82-76-70-64-58-52-46-40-34-28-22-16-10-4)108(106(113)114,102(95-89-83-77-71-65-59-53-47-41-35-29-23-17-11-5)97-91-85-79-73-67-61-56-50-44-38-32-26-20-14-8-2)107(105(111)112,100-104(109)110)115-103(98-92-86-80-74-68-62-54-48-42-36-30-24-18-12-6)99-93-87-81-75-69-63-57-51-45-39-33-27-21-15-9-3/h101-103H,7-100H2,1-6H3,(H,109,110)(H,111,112)(H,113,114).